The SMILES string of the molecule is COc1ccccc1NS(=O)(=O)c1ccc(C)c(C(=O)N2CC[C@@H](N)C2)c1.Cl. The van der Waals surface area contributed by atoms with E-state index >= 15 is 0 Å². The van der Waals surface area contributed by atoms with Crippen LogP contribution >= 0.6 is 12.4 Å². The van der Waals surface area contributed by atoms with Crippen molar-refractivity contribution >= 4 is 34.0 Å². The summed E-state index contributed by atoms with van der Waals surface area (Å²) in [4.78, 5) is 14.5. The van der Waals surface area contributed by atoms with Gasteiger partial charge in [0.25, 0.3) is 15.9 Å². The lowest BCUT2D eigenvalue weighted by atomic mass is 10.1. The number of nitrogens with one attached hydrogen (secondary N) is 1. The van der Waals surface area contributed by atoms with E-state index in [2.05, 4.69) is 4.72 Å². The molecule has 2 aromatic rings. The van der Waals surface area contributed by atoms with E-state index in [1.165, 1.54) is 19.2 Å². The lowest BCUT2D eigenvalue weighted by Gasteiger charge is -2.18. The molecule has 1 fully saturated rings. The highest BCUT2D eigenvalue weighted by atomic mass is 35.5. The van der Waals surface area contributed by atoms with Crippen molar-refractivity contribution in [3.05, 3.63) is 53.6 Å². The number of halogens is 1. The van der Waals surface area contributed by atoms with Gasteiger partial charge in [-0.05, 0) is 43.2 Å². The van der Waals surface area contributed by atoms with E-state index < -0.39 is 10.0 Å². The minimum Gasteiger partial charge on any atom is -0.495 e. The summed E-state index contributed by atoms with van der Waals surface area (Å²) in [5.74, 6) is 0.213. The summed E-state index contributed by atoms with van der Waals surface area (Å²) in [5.41, 5.74) is 7.30. The molecule has 0 radical (unpaired) electrons. The highest BCUT2D eigenvalue weighted by Crippen LogP contribution is 2.27. The second-order valence-electron chi connectivity index (χ2n) is 6.58. The summed E-state index contributed by atoms with van der Waals surface area (Å²) in [5, 5.41) is 0. The van der Waals surface area contributed by atoms with Crippen LogP contribution in [0.2, 0.25) is 0 Å². The van der Waals surface area contributed by atoms with Gasteiger partial charge >= 0.3 is 0 Å². The molecule has 0 aliphatic carbocycles. The van der Waals surface area contributed by atoms with E-state index in [0.29, 0.717) is 30.1 Å². The van der Waals surface area contributed by atoms with Gasteiger partial charge in [-0.2, -0.15) is 0 Å². The van der Waals surface area contributed by atoms with Crippen molar-refractivity contribution in [1.82, 2.24) is 4.90 Å². The number of aryl methyl sites for hydroxylation is 1. The Morgan fingerprint density at radius 1 is 1.25 bits per heavy atom. The Bertz CT molecular complexity index is 965. The molecule has 1 aliphatic rings. The highest BCUT2D eigenvalue weighted by Gasteiger charge is 2.27. The highest BCUT2D eigenvalue weighted by molar-refractivity contribution is 7.92. The summed E-state index contributed by atoms with van der Waals surface area (Å²) in [6.45, 7) is 2.85. The molecule has 28 heavy (non-hydrogen) atoms. The van der Waals surface area contributed by atoms with Gasteiger partial charge in [-0.15, -0.1) is 12.4 Å². The first kappa shape index (κ1) is 22.0. The zero-order valence-electron chi connectivity index (χ0n) is 15.7. The fraction of sp³-hybridized carbons (Fsp3) is 0.316. The van der Waals surface area contributed by atoms with Crippen LogP contribution in [0, 0.1) is 6.92 Å². The molecular formula is C19H24ClN3O4S. The molecule has 3 rings (SSSR count). The smallest absolute Gasteiger partial charge is 0.262 e. The quantitative estimate of drug-likeness (QED) is 0.765. The number of nitrogens with two attached hydrogens (primary N) is 1. The number of methoxy groups -OCH3 is 1. The molecule has 1 atom stereocenters. The maximum Gasteiger partial charge on any atom is 0.262 e. The van der Waals surface area contributed by atoms with E-state index in [0.717, 1.165) is 12.0 Å². The maximum absolute atomic E-state index is 12.8. The Hall–Kier alpha value is -2.29. The second kappa shape index (κ2) is 8.81. The van der Waals surface area contributed by atoms with Crippen molar-refractivity contribution in [1.29, 1.82) is 0 Å². The first-order valence-electron chi connectivity index (χ1n) is 8.63. The zero-order chi connectivity index (χ0) is 19.6. The van der Waals surface area contributed by atoms with Crippen LogP contribution in [-0.4, -0.2) is 45.5 Å². The molecule has 1 heterocycles. The lowest BCUT2D eigenvalue weighted by molar-refractivity contribution is 0.0790. The van der Waals surface area contributed by atoms with Gasteiger partial charge < -0.3 is 15.4 Å². The Labute approximate surface area is 171 Å². The first-order chi connectivity index (χ1) is 12.8. The minimum atomic E-state index is -3.88. The molecule has 3 N–H and O–H groups in total. The van der Waals surface area contributed by atoms with Crippen molar-refractivity contribution in [2.24, 2.45) is 5.73 Å². The number of hydrogen-bond acceptors (Lipinski definition) is 5. The molecular weight excluding hydrogens is 402 g/mol. The number of likely N-dealkylation sites (tertiary alicyclic amines) is 1. The maximum atomic E-state index is 12.8. The number of carbonyl (C=O) groups excluding carboxylic acids is 1. The molecule has 0 unspecified atom stereocenters. The van der Waals surface area contributed by atoms with Crippen LogP contribution in [0.4, 0.5) is 5.69 Å². The molecule has 1 amide bonds. The normalized spacial score (nSPS) is 16.4. The van der Waals surface area contributed by atoms with Crippen molar-refractivity contribution < 1.29 is 17.9 Å². The van der Waals surface area contributed by atoms with Crippen LogP contribution < -0.4 is 15.2 Å². The van der Waals surface area contributed by atoms with Gasteiger partial charge in [0, 0.05) is 24.7 Å². The van der Waals surface area contributed by atoms with Gasteiger partial charge in [-0.25, -0.2) is 8.42 Å². The molecule has 1 aliphatic heterocycles. The third-order valence-corrected chi connectivity index (χ3v) is 5.98. The number of anilines is 1. The number of hydrogen-bond donors (Lipinski definition) is 2. The Morgan fingerprint density at radius 2 is 1.96 bits per heavy atom. The molecule has 0 saturated carbocycles. The van der Waals surface area contributed by atoms with E-state index in [4.69, 9.17) is 10.5 Å². The Morgan fingerprint density at radius 3 is 2.61 bits per heavy atom. The van der Waals surface area contributed by atoms with Crippen LogP contribution in [0.3, 0.4) is 0 Å². The molecule has 0 bridgehead atoms. The van der Waals surface area contributed by atoms with Crippen LogP contribution in [0.25, 0.3) is 0 Å². The third kappa shape index (κ3) is 4.57. The Kier molecular flexibility index (Phi) is 6.92. The van der Waals surface area contributed by atoms with Crippen molar-refractivity contribution in [3.63, 3.8) is 0 Å². The average Bonchev–Trinajstić information content (AvgIpc) is 3.08. The zero-order valence-corrected chi connectivity index (χ0v) is 17.3. The van der Waals surface area contributed by atoms with E-state index in [1.807, 2.05) is 0 Å². The summed E-state index contributed by atoms with van der Waals surface area (Å²) in [6, 6.07) is 11.2. The van der Waals surface area contributed by atoms with Gasteiger partial charge in [0.1, 0.15) is 5.75 Å². The monoisotopic (exact) mass is 425 g/mol. The predicted octanol–water partition coefficient (Wildman–Crippen LogP) is 2.40. The lowest BCUT2D eigenvalue weighted by Crippen LogP contribution is -2.32. The van der Waals surface area contributed by atoms with Gasteiger partial charge in [0.15, 0.2) is 0 Å². The van der Waals surface area contributed by atoms with Crippen LogP contribution in [-0.2, 0) is 10.0 Å². The number of benzene rings is 2. The van der Waals surface area contributed by atoms with E-state index in [9.17, 15) is 13.2 Å². The fourth-order valence-corrected chi connectivity index (χ4v) is 4.17. The molecule has 9 heteroatoms. The van der Waals surface area contributed by atoms with Crippen molar-refractivity contribution in [2.45, 2.75) is 24.3 Å². The summed E-state index contributed by atoms with van der Waals surface area (Å²) >= 11 is 0. The van der Waals surface area contributed by atoms with Gasteiger partial charge in [0.2, 0.25) is 0 Å². The van der Waals surface area contributed by atoms with Gasteiger partial charge in [0.05, 0.1) is 17.7 Å². The molecule has 1 saturated heterocycles. The largest absolute Gasteiger partial charge is 0.495 e. The van der Waals surface area contributed by atoms with E-state index in [1.54, 1.807) is 42.2 Å². The van der Waals surface area contributed by atoms with Crippen LogP contribution in [0.5, 0.6) is 5.75 Å². The summed E-state index contributed by atoms with van der Waals surface area (Å²) in [6.07, 6.45) is 0.748. The van der Waals surface area contributed by atoms with Gasteiger partial charge in [-0.1, -0.05) is 18.2 Å². The molecule has 2 aromatic carbocycles. The number of sulfonamides is 1. The number of rotatable bonds is 5. The third-order valence-electron chi connectivity index (χ3n) is 4.61. The van der Waals surface area contributed by atoms with Gasteiger partial charge in [-0.3, -0.25) is 9.52 Å². The molecule has 152 valence electrons. The number of amides is 1. The van der Waals surface area contributed by atoms with Crippen LogP contribution in [0.15, 0.2) is 47.4 Å². The average molecular weight is 426 g/mol. The number of nitrogens with zero attached hydrogens (tertiary/aromatic N) is 1. The number of ether oxygens (including phenoxy) is 1. The number of para-hydroxylation sites is 2. The summed E-state index contributed by atoms with van der Waals surface area (Å²) < 4.78 is 33.3. The first-order valence-corrected chi connectivity index (χ1v) is 10.1. The molecule has 0 aromatic heterocycles. The Balaban J connectivity index is 0.00000280. The second-order valence-corrected chi connectivity index (χ2v) is 8.26. The topological polar surface area (TPSA) is 102 Å². The van der Waals surface area contributed by atoms with Crippen molar-refractivity contribution in [2.75, 3.05) is 24.9 Å². The molecule has 7 nitrogen and oxygen atoms in total. The fourth-order valence-electron chi connectivity index (χ4n) is 3.07. The number of carbonyl (C=O) groups is 1. The predicted molar refractivity (Wildman–Crippen MR) is 111 cm³/mol. The summed E-state index contributed by atoms with van der Waals surface area (Å²) in [7, 11) is -2.41. The standard InChI is InChI=1S/C19H23N3O4S.ClH/c1-13-7-8-15(11-16(13)19(23)22-10-9-14(20)12-22)27(24,25)21-17-5-3-4-6-18(17)26-2;/h3-8,11,14,21H,9-10,12,20H2,1-2H3;1H/t14-;/m1./s1. The van der Waals surface area contributed by atoms with Crippen LogP contribution in [0.1, 0.15) is 22.3 Å². The van der Waals surface area contributed by atoms with E-state index in [-0.39, 0.29) is 29.3 Å². The minimum absolute atomic E-state index is 0. The van der Waals surface area contributed by atoms with Crippen molar-refractivity contribution in [3.8, 4) is 5.75 Å². The molecule has 0 spiro atoms.